The Bertz CT molecular complexity index is 1210. The number of nitrogens with zero attached hydrogens (tertiary/aromatic N) is 2. The molecule has 4 rings (SSSR count). The van der Waals surface area contributed by atoms with E-state index in [9.17, 15) is 14.4 Å². The lowest BCUT2D eigenvalue weighted by molar-refractivity contribution is -0.128. The Kier molecular flexibility index (Phi) is 7.95. The van der Waals surface area contributed by atoms with E-state index < -0.39 is 5.97 Å². The molecule has 0 aliphatic carbocycles. The number of thioether (sulfide) groups is 1. The highest BCUT2D eigenvalue weighted by Crippen LogP contribution is 2.38. The fourth-order valence-corrected chi connectivity index (χ4v) is 4.94. The predicted molar refractivity (Wildman–Crippen MR) is 136 cm³/mol. The Morgan fingerprint density at radius 2 is 1.71 bits per heavy atom. The maximum atomic E-state index is 12.5. The van der Waals surface area contributed by atoms with Gasteiger partial charge in [0.2, 0.25) is 5.91 Å². The number of hydrazone groups is 1. The number of esters is 1. The minimum absolute atomic E-state index is 0.0608. The monoisotopic (exact) mass is 487 g/mol. The van der Waals surface area contributed by atoms with Crippen LogP contribution in [0, 0.1) is 0 Å². The first-order chi connectivity index (χ1) is 17.0. The van der Waals surface area contributed by atoms with Gasteiger partial charge in [0.1, 0.15) is 5.37 Å². The molecule has 0 bridgehead atoms. The molecule has 0 aromatic heterocycles. The molecular weight excluding hydrogens is 462 g/mol. The van der Waals surface area contributed by atoms with Crippen molar-refractivity contribution < 1.29 is 19.1 Å². The van der Waals surface area contributed by atoms with Crippen molar-refractivity contribution in [3.05, 3.63) is 107 Å². The molecule has 1 aliphatic rings. The highest BCUT2D eigenvalue weighted by atomic mass is 32.2. The normalized spacial score (nSPS) is 15.4. The second kappa shape index (κ2) is 11.5. The summed E-state index contributed by atoms with van der Waals surface area (Å²) in [5.74, 6) is -0.163. The maximum Gasteiger partial charge on any atom is 0.337 e. The van der Waals surface area contributed by atoms with E-state index in [1.807, 2.05) is 35.2 Å². The van der Waals surface area contributed by atoms with Gasteiger partial charge in [0, 0.05) is 12.1 Å². The van der Waals surface area contributed by atoms with Gasteiger partial charge in [-0.25, -0.2) is 10.2 Å². The molecule has 7 nitrogen and oxygen atoms in total. The molecule has 1 N–H and O–H groups in total. The van der Waals surface area contributed by atoms with Gasteiger partial charge in [0.25, 0.3) is 5.91 Å². The van der Waals surface area contributed by atoms with Crippen LogP contribution in [-0.4, -0.2) is 48.3 Å². The van der Waals surface area contributed by atoms with Gasteiger partial charge in [-0.2, -0.15) is 5.10 Å². The fraction of sp³-hybridized carbons (Fsp3) is 0.185. The summed E-state index contributed by atoms with van der Waals surface area (Å²) in [7, 11) is 1.33. The summed E-state index contributed by atoms with van der Waals surface area (Å²) in [5.41, 5.74) is 6.33. The van der Waals surface area contributed by atoms with E-state index in [-0.39, 0.29) is 17.2 Å². The first-order valence-corrected chi connectivity index (χ1v) is 12.2. The van der Waals surface area contributed by atoms with Gasteiger partial charge < -0.3 is 9.64 Å². The number of benzene rings is 3. The van der Waals surface area contributed by atoms with Crippen molar-refractivity contribution in [1.29, 1.82) is 0 Å². The van der Waals surface area contributed by atoms with Crippen LogP contribution in [0.2, 0.25) is 0 Å². The first-order valence-electron chi connectivity index (χ1n) is 11.1. The third-order valence-electron chi connectivity index (χ3n) is 5.62. The van der Waals surface area contributed by atoms with Crippen molar-refractivity contribution in [2.45, 2.75) is 11.8 Å². The van der Waals surface area contributed by atoms with E-state index in [0.717, 1.165) is 17.5 Å². The molecule has 35 heavy (non-hydrogen) atoms. The molecule has 0 unspecified atom stereocenters. The van der Waals surface area contributed by atoms with Gasteiger partial charge >= 0.3 is 5.97 Å². The molecule has 0 saturated carbocycles. The molecule has 1 saturated heterocycles. The van der Waals surface area contributed by atoms with Crippen molar-refractivity contribution >= 4 is 35.8 Å². The number of hydrogen-bond acceptors (Lipinski definition) is 6. The van der Waals surface area contributed by atoms with Crippen LogP contribution in [0.5, 0.6) is 0 Å². The van der Waals surface area contributed by atoms with Crippen molar-refractivity contribution in [1.82, 2.24) is 10.3 Å². The first kappa shape index (κ1) is 24.2. The molecule has 178 valence electrons. The summed E-state index contributed by atoms with van der Waals surface area (Å²) in [6, 6.07) is 24.0. The van der Waals surface area contributed by atoms with Gasteiger partial charge in [-0.05, 0) is 47.4 Å². The predicted octanol–water partition coefficient (Wildman–Crippen LogP) is 4.05. The fourth-order valence-electron chi connectivity index (χ4n) is 3.72. The summed E-state index contributed by atoms with van der Waals surface area (Å²) >= 11 is 1.60. The summed E-state index contributed by atoms with van der Waals surface area (Å²) in [5, 5.41) is 3.93. The Labute approximate surface area is 208 Å². The van der Waals surface area contributed by atoms with Crippen molar-refractivity contribution in [2.24, 2.45) is 5.10 Å². The molecule has 0 radical (unpaired) electrons. The number of amides is 2. The lowest BCUT2D eigenvalue weighted by Gasteiger charge is -2.24. The summed E-state index contributed by atoms with van der Waals surface area (Å²) in [6.07, 6.45) is 2.30. The van der Waals surface area contributed by atoms with Crippen LogP contribution < -0.4 is 5.43 Å². The van der Waals surface area contributed by atoms with Crippen LogP contribution >= 0.6 is 11.8 Å². The summed E-state index contributed by atoms with van der Waals surface area (Å²) in [6.45, 7) is 0.651. The van der Waals surface area contributed by atoms with Crippen molar-refractivity contribution in [3.63, 3.8) is 0 Å². The minimum Gasteiger partial charge on any atom is -0.465 e. The Morgan fingerprint density at radius 3 is 2.40 bits per heavy atom. The Hall–Kier alpha value is -3.91. The van der Waals surface area contributed by atoms with Crippen LogP contribution in [0.3, 0.4) is 0 Å². The van der Waals surface area contributed by atoms with E-state index in [4.69, 9.17) is 0 Å². The van der Waals surface area contributed by atoms with E-state index in [1.165, 1.54) is 18.9 Å². The molecule has 1 atom stereocenters. The number of nitrogens with one attached hydrogen (secondary N) is 1. The number of carbonyl (C=O) groups is 3. The van der Waals surface area contributed by atoms with Gasteiger partial charge in [0.05, 0.1) is 24.6 Å². The number of ether oxygens (including phenoxy) is 1. The van der Waals surface area contributed by atoms with E-state index in [2.05, 4.69) is 27.4 Å². The second-order valence-electron chi connectivity index (χ2n) is 7.92. The van der Waals surface area contributed by atoms with Gasteiger partial charge in [-0.3, -0.25) is 9.59 Å². The van der Waals surface area contributed by atoms with Gasteiger partial charge in [-0.15, -0.1) is 11.8 Å². The number of rotatable bonds is 8. The zero-order valence-electron chi connectivity index (χ0n) is 19.2. The molecule has 1 aliphatic heterocycles. The van der Waals surface area contributed by atoms with E-state index in [0.29, 0.717) is 23.4 Å². The molecular formula is C27H25N3O4S. The maximum absolute atomic E-state index is 12.5. The Balaban J connectivity index is 1.34. The van der Waals surface area contributed by atoms with Crippen molar-refractivity contribution in [3.8, 4) is 0 Å². The van der Waals surface area contributed by atoms with Crippen LogP contribution in [0.15, 0.2) is 84.0 Å². The smallest absolute Gasteiger partial charge is 0.337 e. The molecule has 0 spiro atoms. The number of hydrogen-bond donors (Lipinski definition) is 1. The van der Waals surface area contributed by atoms with Gasteiger partial charge in [-0.1, -0.05) is 54.6 Å². The molecule has 2 amide bonds. The van der Waals surface area contributed by atoms with Crippen LogP contribution in [0.25, 0.3) is 0 Å². The average molecular weight is 488 g/mol. The zero-order valence-corrected chi connectivity index (χ0v) is 20.0. The quantitative estimate of drug-likeness (QED) is 0.294. The third kappa shape index (κ3) is 6.16. The SMILES string of the molecule is COC(=O)c1ccc(/C=N\NC(=O)c2ccc([C@H]3SCC(=O)N3CCc3ccccc3)cc2)cc1. The van der Waals surface area contributed by atoms with Gasteiger partial charge in [0.15, 0.2) is 0 Å². The van der Waals surface area contributed by atoms with E-state index in [1.54, 1.807) is 48.2 Å². The minimum atomic E-state index is -0.412. The van der Waals surface area contributed by atoms with Crippen LogP contribution in [0.4, 0.5) is 0 Å². The van der Waals surface area contributed by atoms with Crippen LogP contribution in [-0.2, 0) is 16.0 Å². The largest absolute Gasteiger partial charge is 0.465 e. The van der Waals surface area contributed by atoms with Crippen LogP contribution in [0.1, 0.15) is 42.8 Å². The average Bonchev–Trinajstić information content (AvgIpc) is 3.28. The molecule has 1 fully saturated rings. The topological polar surface area (TPSA) is 88.1 Å². The van der Waals surface area contributed by atoms with Crippen molar-refractivity contribution in [2.75, 3.05) is 19.4 Å². The lowest BCUT2D eigenvalue weighted by Crippen LogP contribution is -2.30. The van der Waals surface area contributed by atoms with E-state index >= 15 is 0 Å². The molecule has 8 heteroatoms. The molecule has 1 heterocycles. The number of methoxy groups -OCH3 is 1. The summed E-state index contributed by atoms with van der Waals surface area (Å²) < 4.78 is 4.67. The third-order valence-corrected chi connectivity index (χ3v) is 6.88. The molecule has 3 aromatic rings. The lowest BCUT2D eigenvalue weighted by atomic mass is 10.1. The standard InChI is InChI=1S/C27H25N3O4S/c1-34-27(33)23-9-7-20(8-10-23)17-28-29-25(32)21-11-13-22(14-12-21)26-30(24(31)18-35-26)16-15-19-5-3-2-4-6-19/h2-14,17,26H,15-16,18H2,1H3,(H,29,32)/b28-17-/t26-/m1/s1. The molecule has 3 aromatic carbocycles. The Morgan fingerprint density at radius 1 is 1.03 bits per heavy atom. The zero-order chi connectivity index (χ0) is 24.6. The number of carbonyl (C=O) groups excluding carboxylic acids is 3. The highest BCUT2D eigenvalue weighted by Gasteiger charge is 2.32. The highest BCUT2D eigenvalue weighted by molar-refractivity contribution is 8.00. The second-order valence-corrected chi connectivity index (χ2v) is 8.99. The summed E-state index contributed by atoms with van der Waals surface area (Å²) in [4.78, 5) is 38.3.